The Balaban J connectivity index is 1.16. The van der Waals surface area contributed by atoms with E-state index in [4.69, 9.17) is 5.73 Å². The number of aromatic nitrogens is 4. The maximum absolute atomic E-state index is 12.8. The quantitative estimate of drug-likeness (QED) is 0.173. The third-order valence-corrected chi connectivity index (χ3v) is 8.65. The number of H-pyrrole nitrogens is 1. The molecule has 0 saturated carbocycles. The van der Waals surface area contributed by atoms with E-state index >= 15 is 0 Å². The van der Waals surface area contributed by atoms with E-state index in [2.05, 4.69) is 62.6 Å². The number of hydrogen-bond acceptors (Lipinski definition) is 4. The molecule has 1 unspecified atom stereocenters. The molecule has 3 aromatic carbocycles. The summed E-state index contributed by atoms with van der Waals surface area (Å²) in [6, 6.07) is 19.7. The van der Waals surface area contributed by atoms with Crippen molar-refractivity contribution in [2.24, 2.45) is 12.8 Å². The van der Waals surface area contributed by atoms with Gasteiger partial charge in [0, 0.05) is 58.1 Å². The highest BCUT2D eigenvalue weighted by molar-refractivity contribution is 6.01. The van der Waals surface area contributed by atoms with Crippen molar-refractivity contribution in [3.05, 3.63) is 119 Å². The summed E-state index contributed by atoms with van der Waals surface area (Å²) in [6.45, 7) is 1.41. The monoisotopic (exact) mass is 572 g/mol. The van der Waals surface area contributed by atoms with E-state index in [9.17, 15) is 9.90 Å². The van der Waals surface area contributed by atoms with E-state index in [1.165, 1.54) is 22.0 Å². The summed E-state index contributed by atoms with van der Waals surface area (Å²) in [4.78, 5) is 21.0. The van der Waals surface area contributed by atoms with Crippen LogP contribution in [-0.2, 0) is 32.9 Å². The number of fused-ring (bicyclic) bond motifs is 3. The van der Waals surface area contributed by atoms with Crippen LogP contribution in [-0.4, -0.2) is 36.7 Å². The smallest absolute Gasteiger partial charge is 0.252 e. The number of imidazole rings is 1. The van der Waals surface area contributed by atoms with Gasteiger partial charge in [0.05, 0.1) is 24.6 Å². The number of nitrogens with two attached hydrogens (primary N) is 1. The number of para-hydroxylation sites is 1. The SMILES string of the molecule is Cn1cnc(Cn2cc(CCCN)c3ccc(CCCc4[nH]c5ccccc5c4C4NC(=O)c5ccc(O)cc54)cc32)c1. The molecule has 43 heavy (non-hydrogen) atoms. The standard InChI is InChI=1S/C35H36N6O2/c1-40-19-24(37-21-40)20-41-18-23(7-5-15-36)26-13-11-22(16-32(26)41)6-4-10-31-33(28-8-2-3-9-30(28)38-31)34-29-17-25(42)12-14-27(29)35(43)39-34/h2-3,8-9,11-14,16-19,21,34,38,42H,4-7,10,15,20,36H2,1H3,(H,39,43). The minimum Gasteiger partial charge on any atom is -0.508 e. The summed E-state index contributed by atoms with van der Waals surface area (Å²) < 4.78 is 4.30. The maximum Gasteiger partial charge on any atom is 0.252 e. The second kappa shape index (κ2) is 11.1. The van der Waals surface area contributed by atoms with Gasteiger partial charge in [-0.25, -0.2) is 4.98 Å². The normalized spacial score (nSPS) is 14.6. The van der Waals surface area contributed by atoms with Crippen molar-refractivity contribution in [1.82, 2.24) is 24.4 Å². The van der Waals surface area contributed by atoms with Crippen molar-refractivity contribution in [2.45, 2.75) is 44.7 Å². The van der Waals surface area contributed by atoms with Crippen molar-refractivity contribution < 1.29 is 9.90 Å². The minimum atomic E-state index is -0.307. The lowest BCUT2D eigenvalue weighted by atomic mass is 9.94. The Hall–Kier alpha value is -4.82. The summed E-state index contributed by atoms with van der Waals surface area (Å²) in [5, 5.41) is 15.8. The second-order valence-corrected chi connectivity index (χ2v) is 11.7. The van der Waals surface area contributed by atoms with Gasteiger partial charge >= 0.3 is 0 Å². The maximum atomic E-state index is 12.8. The summed E-state index contributed by atoms with van der Waals surface area (Å²) >= 11 is 0. The lowest BCUT2D eigenvalue weighted by Crippen LogP contribution is -2.20. The van der Waals surface area contributed by atoms with Crippen LogP contribution >= 0.6 is 0 Å². The fraction of sp³-hybridized carbons (Fsp3) is 0.257. The number of carbonyl (C=O) groups is 1. The molecule has 0 saturated heterocycles. The molecule has 1 atom stereocenters. The molecule has 0 fully saturated rings. The Morgan fingerprint density at radius 1 is 0.977 bits per heavy atom. The average molecular weight is 573 g/mol. The molecule has 218 valence electrons. The molecule has 3 aromatic heterocycles. The van der Waals surface area contributed by atoms with Crippen molar-refractivity contribution in [1.29, 1.82) is 0 Å². The Morgan fingerprint density at radius 2 is 1.86 bits per heavy atom. The molecule has 0 bridgehead atoms. The van der Waals surface area contributed by atoms with Crippen LogP contribution < -0.4 is 11.1 Å². The summed E-state index contributed by atoms with van der Waals surface area (Å²) in [7, 11) is 2.00. The number of benzene rings is 3. The lowest BCUT2D eigenvalue weighted by molar-refractivity contribution is 0.0960. The van der Waals surface area contributed by atoms with Crippen LogP contribution in [0.4, 0.5) is 0 Å². The molecule has 0 spiro atoms. The first-order valence-electron chi connectivity index (χ1n) is 15.0. The Bertz CT molecular complexity index is 1960. The Morgan fingerprint density at radius 3 is 2.70 bits per heavy atom. The summed E-state index contributed by atoms with van der Waals surface area (Å²) in [6.07, 6.45) is 10.8. The third-order valence-electron chi connectivity index (χ3n) is 8.65. The van der Waals surface area contributed by atoms with E-state index in [-0.39, 0.29) is 17.7 Å². The number of phenols is 1. The van der Waals surface area contributed by atoms with Gasteiger partial charge in [0.15, 0.2) is 0 Å². The van der Waals surface area contributed by atoms with Crippen LogP contribution in [0.1, 0.15) is 62.9 Å². The number of hydrogen-bond donors (Lipinski definition) is 4. The van der Waals surface area contributed by atoms with Gasteiger partial charge in [-0.1, -0.05) is 30.3 Å². The average Bonchev–Trinajstić information content (AvgIpc) is 3.75. The number of carbonyl (C=O) groups excluding carboxylic acids is 1. The van der Waals surface area contributed by atoms with Crippen molar-refractivity contribution in [3.63, 3.8) is 0 Å². The molecule has 1 amide bonds. The predicted molar refractivity (Wildman–Crippen MR) is 169 cm³/mol. The molecular formula is C35H36N6O2. The van der Waals surface area contributed by atoms with E-state index in [1.54, 1.807) is 18.2 Å². The summed E-state index contributed by atoms with van der Waals surface area (Å²) in [5.74, 6) is 0.0556. The molecule has 8 nitrogen and oxygen atoms in total. The second-order valence-electron chi connectivity index (χ2n) is 11.7. The van der Waals surface area contributed by atoms with E-state index in [0.29, 0.717) is 12.1 Å². The van der Waals surface area contributed by atoms with Crippen molar-refractivity contribution in [2.75, 3.05) is 6.54 Å². The molecule has 8 heteroatoms. The number of rotatable bonds is 10. The van der Waals surface area contributed by atoms with Gasteiger partial charge < -0.3 is 30.3 Å². The number of amides is 1. The van der Waals surface area contributed by atoms with Crippen molar-refractivity contribution >= 4 is 27.7 Å². The number of nitrogens with zero attached hydrogens (tertiary/aromatic N) is 3. The van der Waals surface area contributed by atoms with E-state index in [1.807, 2.05) is 30.1 Å². The first-order chi connectivity index (χ1) is 21.0. The van der Waals surface area contributed by atoms with Crippen LogP contribution in [0.25, 0.3) is 21.8 Å². The zero-order valence-electron chi connectivity index (χ0n) is 24.3. The minimum absolute atomic E-state index is 0.107. The van der Waals surface area contributed by atoms with Gasteiger partial charge in [0.25, 0.3) is 5.91 Å². The molecular weight excluding hydrogens is 536 g/mol. The van der Waals surface area contributed by atoms with E-state index < -0.39 is 0 Å². The molecule has 0 aliphatic carbocycles. The van der Waals surface area contributed by atoms with Gasteiger partial charge in [-0.05, 0) is 85.7 Å². The van der Waals surface area contributed by atoms with Crippen LogP contribution in [0.5, 0.6) is 5.75 Å². The van der Waals surface area contributed by atoms with Gasteiger partial charge in [-0.15, -0.1) is 0 Å². The van der Waals surface area contributed by atoms with Crippen LogP contribution in [0, 0.1) is 0 Å². The first-order valence-corrected chi connectivity index (χ1v) is 15.0. The molecule has 1 aliphatic heterocycles. The topological polar surface area (TPSA) is 114 Å². The Labute approximate surface area is 250 Å². The first kappa shape index (κ1) is 27.0. The molecule has 6 aromatic rings. The zero-order valence-corrected chi connectivity index (χ0v) is 24.3. The number of aromatic amines is 1. The van der Waals surface area contributed by atoms with Gasteiger partial charge in [0.1, 0.15) is 5.75 Å². The third kappa shape index (κ3) is 5.08. The fourth-order valence-electron chi connectivity index (χ4n) is 6.64. The van der Waals surface area contributed by atoms with Crippen LogP contribution in [0.15, 0.2) is 79.4 Å². The zero-order chi connectivity index (χ0) is 29.5. The highest BCUT2D eigenvalue weighted by atomic mass is 16.3. The fourth-order valence-corrected chi connectivity index (χ4v) is 6.64. The number of nitrogens with one attached hydrogen (secondary N) is 2. The largest absolute Gasteiger partial charge is 0.508 e. The van der Waals surface area contributed by atoms with E-state index in [0.717, 1.165) is 72.1 Å². The number of aryl methyl sites for hydroxylation is 4. The Kier molecular flexibility index (Phi) is 6.99. The summed E-state index contributed by atoms with van der Waals surface area (Å²) in [5.41, 5.74) is 15.4. The van der Waals surface area contributed by atoms with Crippen LogP contribution in [0.2, 0.25) is 0 Å². The number of phenolic OH excluding ortho intramolecular Hbond substituents is 1. The molecule has 5 N–H and O–H groups in total. The molecule has 7 rings (SSSR count). The van der Waals surface area contributed by atoms with Gasteiger partial charge in [0.2, 0.25) is 0 Å². The molecule has 1 aliphatic rings. The highest BCUT2D eigenvalue weighted by Gasteiger charge is 2.33. The lowest BCUT2D eigenvalue weighted by Gasteiger charge is -2.15. The van der Waals surface area contributed by atoms with Gasteiger partial charge in [-0.3, -0.25) is 4.79 Å². The predicted octanol–water partition coefficient (Wildman–Crippen LogP) is 5.51. The van der Waals surface area contributed by atoms with Gasteiger partial charge in [-0.2, -0.15) is 0 Å². The van der Waals surface area contributed by atoms with Crippen LogP contribution in [0.3, 0.4) is 0 Å². The molecule has 0 radical (unpaired) electrons. The molecule has 4 heterocycles. The number of aromatic hydroxyl groups is 1. The highest BCUT2D eigenvalue weighted by Crippen LogP contribution is 2.39. The van der Waals surface area contributed by atoms with Crippen molar-refractivity contribution in [3.8, 4) is 5.75 Å².